The van der Waals surface area contributed by atoms with Gasteiger partial charge in [0.25, 0.3) is 0 Å². The minimum absolute atomic E-state index is 0.00398. The van der Waals surface area contributed by atoms with Crippen LogP contribution < -0.4 is 0 Å². The largest absolute Gasteiger partial charge is 0.284 e. The average Bonchev–Trinajstić information content (AvgIpc) is 2.93. The molecule has 1 aromatic rings. The molecule has 0 aromatic carbocycles. The fraction of sp³-hybridized carbons (Fsp3) is 0.667. The number of aromatic nitrogens is 2. The van der Waals surface area contributed by atoms with Crippen molar-refractivity contribution in [2.75, 3.05) is 23.8 Å². The molecule has 1 aliphatic heterocycles. The lowest BCUT2D eigenvalue weighted by Gasteiger charge is -2.33. The quantitative estimate of drug-likeness (QED) is 0.830. The van der Waals surface area contributed by atoms with E-state index in [0.29, 0.717) is 5.75 Å². The number of sulfonamides is 1. The van der Waals surface area contributed by atoms with Crippen molar-refractivity contribution >= 4 is 31.6 Å². The van der Waals surface area contributed by atoms with Crippen LogP contribution in [0.5, 0.6) is 0 Å². The summed E-state index contributed by atoms with van der Waals surface area (Å²) < 4.78 is 50.0. The van der Waals surface area contributed by atoms with Gasteiger partial charge in [-0.1, -0.05) is 6.92 Å². The van der Waals surface area contributed by atoms with E-state index in [4.69, 9.17) is 0 Å². The normalized spacial score (nSPS) is 22.5. The van der Waals surface area contributed by atoms with E-state index in [-0.39, 0.29) is 22.9 Å². The molecular weight excluding hydrogens is 310 g/mol. The van der Waals surface area contributed by atoms with Gasteiger partial charge in [-0.3, -0.25) is 5.10 Å². The summed E-state index contributed by atoms with van der Waals surface area (Å²) in [5, 5.41) is 5.05. The van der Waals surface area contributed by atoms with E-state index < -0.39 is 25.2 Å². The Balaban J connectivity index is 2.41. The molecule has 0 spiro atoms. The van der Waals surface area contributed by atoms with Crippen molar-refractivity contribution in [3.05, 3.63) is 12.4 Å². The molecule has 2 rings (SSSR count). The lowest BCUT2D eigenvalue weighted by Crippen LogP contribution is -2.50. The van der Waals surface area contributed by atoms with Crippen LogP contribution in [-0.4, -0.2) is 60.5 Å². The van der Waals surface area contributed by atoms with Crippen molar-refractivity contribution in [2.45, 2.75) is 17.2 Å². The number of hydrogen-bond acceptors (Lipinski definition) is 6. The minimum atomic E-state index is -3.81. The lowest BCUT2D eigenvalue weighted by atomic mass is 10.6. The number of thioether (sulfide) groups is 1. The maximum Gasteiger partial charge on any atom is 0.247 e. The van der Waals surface area contributed by atoms with Crippen LogP contribution in [0.15, 0.2) is 17.3 Å². The second-order valence-corrected chi connectivity index (χ2v) is 9.52. The molecule has 0 amide bonds. The van der Waals surface area contributed by atoms with Crippen molar-refractivity contribution < 1.29 is 16.8 Å². The molecular formula is C9H15N3O4S3. The number of nitrogens with zero attached hydrogens (tertiary/aromatic N) is 2. The maximum absolute atomic E-state index is 12.4. The Kier molecular flexibility index (Phi) is 4.23. The molecule has 1 fully saturated rings. The van der Waals surface area contributed by atoms with Crippen LogP contribution in [0.25, 0.3) is 0 Å². The number of sulfone groups is 1. The van der Waals surface area contributed by atoms with Crippen LogP contribution in [-0.2, 0) is 19.9 Å². The van der Waals surface area contributed by atoms with Gasteiger partial charge in [0.1, 0.15) is 10.3 Å². The second kappa shape index (κ2) is 5.43. The molecule has 1 N–H and O–H groups in total. The number of hydrogen-bond donors (Lipinski definition) is 1. The van der Waals surface area contributed by atoms with Gasteiger partial charge >= 0.3 is 0 Å². The van der Waals surface area contributed by atoms with Gasteiger partial charge in [-0.05, 0) is 0 Å². The van der Waals surface area contributed by atoms with Crippen molar-refractivity contribution in [1.29, 1.82) is 0 Å². The first-order chi connectivity index (χ1) is 8.89. The number of aromatic amines is 1. The number of nitrogens with one attached hydrogen (secondary N) is 1. The zero-order valence-electron chi connectivity index (χ0n) is 10.3. The summed E-state index contributed by atoms with van der Waals surface area (Å²) in [4.78, 5) is -0.00398. The van der Waals surface area contributed by atoms with E-state index >= 15 is 0 Å². The van der Waals surface area contributed by atoms with Gasteiger partial charge in [-0.15, -0.1) is 0 Å². The van der Waals surface area contributed by atoms with Crippen molar-refractivity contribution in [1.82, 2.24) is 14.5 Å². The van der Waals surface area contributed by atoms with Crippen LogP contribution in [0.1, 0.15) is 6.92 Å². The highest BCUT2D eigenvalue weighted by Gasteiger charge is 2.40. The SMILES string of the molecule is CCS(=O)(=O)C1CSCCN1S(=O)(=O)c1cn[nH]c1. The van der Waals surface area contributed by atoms with Gasteiger partial charge in [0.15, 0.2) is 9.84 Å². The molecule has 1 aromatic heterocycles. The van der Waals surface area contributed by atoms with E-state index in [2.05, 4.69) is 10.2 Å². The molecule has 2 heterocycles. The molecule has 1 aliphatic rings. The summed E-state index contributed by atoms with van der Waals surface area (Å²) >= 11 is 1.45. The summed E-state index contributed by atoms with van der Waals surface area (Å²) in [6.07, 6.45) is 2.44. The van der Waals surface area contributed by atoms with Gasteiger partial charge in [0.05, 0.1) is 6.20 Å². The molecule has 0 bridgehead atoms. The van der Waals surface area contributed by atoms with E-state index in [1.54, 1.807) is 0 Å². The Morgan fingerprint density at radius 2 is 2.21 bits per heavy atom. The smallest absolute Gasteiger partial charge is 0.247 e. The number of H-pyrrole nitrogens is 1. The van der Waals surface area contributed by atoms with Crippen molar-refractivity contribution in [2.24, 2.45) is 0 Å². The molecule has 1 unspecified atom stereocenters. The summed E-state index contributed by atoms with van der Waals surface area (Å²) in [5.74, 6) is 0.787. The first kappa shape index (κ1) is 14.8. The van der Waals surface area contributed by atoms with E-state index in [0.717, 1.165) is 4.31 Å². The van der Waals surface area contributed by atoms with E-state index in [9.17, 15) is 16.8 Å². The molecule has 0 saturated carbocycles. The predicted molar refractivity (Wildman–Crippen MR) is 73.1 cm³/mol. The number of rotatable bonds is 4. The highest BCUT2D eigenvalue weighted by atomic mass is 32.2. The standard InChI is InChI=1S/C9H15N3O4S3/c1-2-18(13,14)9-7-17-4-3-12(9)19(15,16)8-5-10-11-6-8/h5-6,9H,2-4,7H2,1H3,(H,10,11). The first-order valence-electron chi connectivity index (χ1n) is 5.69. The molecule has 0 aliphatic carbocycles. The molecule has 7 nitrogen and oxygen atoms in total. The summed E-state index contributed by atoms with van der Waals surface area (Å²) in [7, 11) is -7.26. The lowest BCUT2D eigenvalue weighted by molar-refractivity contribution is 0.404. The average molecular weight is 325 g/mol. The maximum atomic E-state index is 12.4. The Hall–Kier alpha value is -0.580. The zero-order valence-corrected chi connectivity index (χ0v) is 12.8. The van der Waals surface area contributed by atoms with Crippen molar-refractivity contribution in [3.8, 4) is 0 Å². The fourth-order valence-corrected chi connectivity index (χ4v) is 6.99. The molecule has 19 heavy (non-hydrogen) atoms. The fourth-order valence-electron chi connectivity index (χ4n) is 1.83. The van der Waals surface area contributed by atoms with Gasteiger partial charge in [-0.25, -0.2) is 16.8 Å². The first-order valence-corrected chi connectivity index (χ1v) is 10.0. The summed E-state index contributed by atoms with van der Waals surface area (Å²) in [6, 6.07) is 0. The van der Waals surface area contributed by atoms with Crippen LogP contribution >= 0.6 is 11.8 Å². The van der Waals surface area contributed by atoms with Crippen LogP contribution in [0.4, 0.5) is 0 Å². The Bertz CT molecular complexity index is 624. The zero-order chi connectivity index (χ0) is 14.1. The van der Waals surface area contributed by atoms with Crippen LogP contribution in [0.2, 0.25) is 0 Å². The van der Waals surface area contributed by atoms with Gasteiger partial charge in [0.2, 0.25) is 10.0 Å². The summed E-state index contributed by atoms with van der Waals surface area (Å²) in [6.45, 7) is 1.72. The van der Waals surface area contributed by atoms with E-state index in [1.807, 2.05) is 0 Å². The van der Waals surface area contributed by atoms with Gasteiger partial charge in [0, 0.05) is 30.0 Å². The van der Waals surface area contributed by atoms with E-state index in [1.165, 1.54) is 31.1 Å². The third kappa shape index (κ3) is 2.81. The predicted octanol–water partition coefficient (Wildman–Crippen LogP) is -0.0920. The van der Waals surface area contributed by atoms with Gasteiger partial charge in [-0.2, -0.15) is 21.2 Å². The van der Waals surface area contributed by atoms with Crippen LogP contribution in [0, 0.1) is 0 Å². The Labute approximate surface area is 116 Å². The minimum Gasteiger partial charge on any atom is -0.284 e. The summed E-state index contributed by atoms with van der Waals surface area (Å²) in [5.41, 5.74) is 0. The van der Waals surface area contributed by atoms with Crippen molar-refractivity contribution in [3.63, 3.8) is 0 Å². The monoisotopic (exact) mass is 325 g/mol. The Morgan fingerprint density at radius 1 is 1.47 bits per heavy atom. The van der Waals surface area contributed by atoms with Crippen LogP contribution in [0.3, 0.4) is 0 Å². The topological polar surface area (TPSA) is 100 Å². The van der Waals surface area contributed by atoms with Gasteiger partial charge < -0.3 is 0 Å². The second-order valence-electron chi connectivity index (χ2n) is 4.03. The molecule has 1 atom stereocenters. The highest BCUT2D eigenvalue weighted by molar-refractivity contribution is 8.01. The Morgan fingerprint density at radius 3 is 2.79 bits per heavy atom. The molecule has 1 saturated heterocycles. The highest BCUT2D eigenvalue weighted by Crippen LogP contribution is 2.27. The molecule has 0 radical (unpaired) electrons. The third-order valence-electron chi connectivity index (χ3n) is 2.93. The third-order valence-corrected chi connectivity index (χ3v) is 8.23. The molecule has 10 heteroatoms. The molecule has 108 valence electrons.